The second-order valence-corrected chi connectivity index (χ2v) is 7.98. The van der Waals surface area contributed by atoms with Gasteiger partial charge in [0.2, 0.25) is 0 Å². The number of halogens is 1. The maximum Gasteiger partial charge on any atom is 0.258 e. The number of carbonyl (C=O) groups excluding carboxylic acids is 1. The highest BCUT2D eigenvalue weighted by Crippen LogP contribution is 2.26. The van der Waals surface area contributed by atoms with Gasteiger partial charge in [-0.15, -0.1) is 0 Å². The van der Waals surface area contributed by atoms with Crippen molar-refractivity contribution in [1.82, 2.24) is 5.32 Å². The molecule has 0 fully saturated rings. The van der Waals surface area contributed by atoms with E-state index in [9.17, 15) is 4.79 Å². The molecule has 3 rings (SSSR count). The highest BCUT2D eigenvalue weighted by molar-refractivity contribution is 9.10. The molecule has 0 aliphatic carbocycles. The van der Waals surface area contributed by atoms with E-state index in [1.807, 2.05) is 43.3 Å². The van der Waals surface area contributed by atoms with Gasteiger partial charge in [0, 0.05) is 34.5 Å². The van der Waals surface area contributed by atoms with E-state index < -0.39 is 0 Å². The summed E-state index contributed by atoms with van der Waals surface area (Å²) >= 11 is 8.92. The number of benzene rings is 3. The van der Waals surface area contributed by atoms with Crippen molar-refractivity contribution in [2.24, 2.45) is 0 Å². The molecule has 0 aliphatic heterocycles. The molecule has 0 saturated carbocycles. The normalized spacial score (nSPS) is 10.6. The maximum atomic E-state index is 12.8. The van der Waals surface area contributed by atoms with Crippen LogP contribution in [-0.2, 0) is 0 Å². The van der Waals surface area contributed by atoms with E-state index in [0.717, 1.165) is 39.6 Å². The van der Waals surface area contributed by atoms with Crippen molar-refractivity contribution in [3.63, 3.8) is 0 Å². The van der Waals surface area contributed by atoms with Gasteiger partial charge >= 0.3 is 0 Å². The van der Waals surface area contributed by atoms with Crippen LogP contribution in [0.2, 0.25) is 0 Å². The molecule has 0 aliphatic rings. The molecule has 0 heterocycles. The predicted molar refractivity (Wildman–Crippen MR) is 130 cm³/mol. The standard InChI is InChI=1S/C23H24BrN3OS/c1-4-27(5-2)16-12-13-21(15(3)14-16)25-23(29)26-22(28)19-10-6-9-18-17(19)8-7-11-20(18)24/h6-14H,4-5H2,1-3H3,(H2,25,26,28,29). The number of rotatable bonds is 5. The average molecular weight is 470 g/mol. The molecule has 6 heteroatoms. The molecule has 0 unspecified atom stereocenters. The van der Waals surface area contributed by atoms with Crippen LogP contribution in [0.5, 0.6) is 0 Å². The zero-order chi connectivity index (χ0) is 21.0. The molecule has 0 atom stereocenters. The summed E-state index contributed by atoms with van der Waals surface area (Å²) in [5.74, 6) is -0.233. The molecular weight excluding hydrogens is 446 g/mol. The number of amides is 1. The number of nitrogens with one attached hydrogen (secondary N) is 2. The molecule has 3 aromatic carbocycles. The maximum absolute atomic E-state index is 12.8. The average Bonchev–Trinajstić information content (AvgIpc) is 2.70. The minimum atomic E-state index is -0.233. The van der Waals surface area contributed by atoms with Crippen LogP contribution in [0.4, 0.5) is 11.4 Å². The summed E-state index contributed by atoms with van der Waals surface area (Å²) in [5.41, 5.74) is 3.71. The molecule has 150 valence electrons. The molecule has 0 spiro atoms. The summed E-state index contributed by atoms with van der Waals surface area (Å²) in [6, 6.07) is 17.6. The van der Waals surface area contributed by atoms with Gasteiger partial charge in [0.15, 0.2) is 5.11 Å². The summed E-state index contributed by atoms with van der Waals surface area (Å²) in [5, 5.41) is 8.09. The number of carbonyl (C=O) groups is 1. The first-order valence-electron chi connectivity index (χ1n) is 9.59. The van der Waals surface area contributed by atoms with Crippen molar-refractivity contribution < 1.29 is 4.79 Å². The van der Waals surface area contributed by atoms with Crippen LogP contribution in [0.3, 0.4) is 0 Å². The minimum absolute atomic E-state index is 0.233. The third kappa shape index (κ3) is 4.77. The van der Waals surface area contributed by atoms with Crippen LogP contribution in [0.15, 0.2) is 59.1 Å². The zero-order valence-electron chi connectivity index (χ0n) is 16.8. The van der Waals surface area contributed by atoms with Gasteiger partial charge in [-0.3, -0.25) is 10.1 Å². The van der Waals surface area contributed by atoms with E-state index in [0.29, 0.717) is 5.56 Å². The van der Waals surface area contributed by atoms with Crippen molar-refractivity contribution >= 4 is 61.3 Å². The second kappa shape index (κ2) is 9.37. The number of hydrogen-bond acceptors (Lipinski definition) is 3. The number of aryl methyl sites for hydroxylation is 1. The van der Waals surface area contributed by atoms with Gasteiger partial charge in [-0.05, 0) is 79.7 Å². The fourth-order valence-electron chi connectivity index (χ4n) is 3.37. The first-order valence-corrected chi connectivity index (χ1v) is 10.8. The summed E-state index contributed by atoms with van der Waals surface area (Å²) in [6.45, 7) is 8.22. The second-order valence-electron chi connectivity index (χ2n) is 6.72. The zero-order valence-corrected chi connectivity index (χ0v) is 19.2. The Morgan fingerprint density at radius 2 is 1.72 bits per heavy atom. The monoisotopic (exact) mass is 469 g/mol. The van der Waals surface area contributed by atoms with Crippen molar-refractivity contribution in [2.75, 3.05) is 23.3 Å². The quantitative estimate of drug-likeness (QED) is 0.457. The fraction of sp³-hybridized carbons (Fsp3) is 0.217. The van der Waals surface area contributed by atoms with E-state index in [1.165, 1.54) is 5.69 Å². The highest BCUT2D eigenvalue weighted by Gasteiger charge is 2.13. The number of hydrogen-bond donors (Lipinski definition) is 2. The van der Waals surface area contributed by atoms with Crippen molar-refractivity contribution in [1.29, 1.82) is 0 Å². The Kier molecular flexibility index (Phi) is 6.87. The van der Waals surface area contributed by atoms with E-state index in [2.05, 4.69) is 57.4 Å². The Morgan fingerprint density at radius 1 is 1.03 bits per heavy atom. The Labute approximate surface area is 185 Å². The van der Waals surface area contributed by atoms with Gasteiger partial charge < -0.3 is 10.2 Å². The highest BCUT2D eigenvalue weighted by atomic mass is 79.9. The molecular formula is C23H24BrN3OS. The van der Waals surface area contributed by atoms with Gasteiger partial charge in [-0.25, -0.2) is 0 Å². The smallest absolute Gasteiger partial charge is 0.258 e. The third-order valence-corrected chi connectivity index (χ3v) is 5.82. The van der Waals surface area contributed by atoms with Gasteiger partial charge in [-0.2, -0.15) is 0 Å². The minimum Gasteiger partial charge on any atom is -0.372 e. The summed E-state index contributed by atoms with van der Waals surface area (Å²) in [7, 11) is 0. The summed E-state index contributed by atoms with van der Waals surface area (Å²) < 4.78 is 0.953. The number of anilines is 2. The molecule has 29 heavy (non-hydrogen) atoms. The molecule has 0 bridgehead atoms. The lowest BCUT2D eigenvalue weighted by Gasteiger charge is -2.22. The lowest BCUT2D eigenvalue weighted by Crippen LogP contribution is -2.34. The SMILES string of the molecule is CCN(CC)c1ccc(NC(=S)NC(=O)c2cccc3c(Br)cccc23)c(C)c1. The topological polar surface area (TPSA) is 44.4 Å². The van der Waals surface area contributed by atoms with E-state index in [1.54, 1.807) is 6.07 Å². The number of fused-ring (bicyclic) bond motifs is 1. The van der Waals surface area contributed by atoms with Crippen LogP contribution in [0.25, 0.3) is 10.8 Å². The van der Waals surface area contributed by atoms with Crippen LogP contribution in [0, 0.1) is 6.92 Å². The van der Waals surface area contributed by atoms with Crippen molar-refractivity contribution in [3.05, 3.63) is 70.2 Å². The lowest BCUT2D eigenvalue weighted by molar-refractivity contribution is 0.0979. The van der Waals surface area contributed by atoms with Gasteiger partial charge in [0.05, 0.1) is 0 Å². The van der Waals surface area contributed by atoms with Crippen LogP contribution in [-0.4, -0.2) is 24.1 Å². The number of thiocarbonyl (C=S) groups is 1. The molecule has 0 aromatic heterocycles. The van der Waals surface area contributed by atoms with E-state index >= 15 is 0 Å². The van der Waals surface area contributed by atoms with E-state index in [4.69, 9.17) is 12.2 Å². The van der Waals surface area contributed by atoms with Crippen molar-refractivity contribution in [3.8, 4) is 0 Å². The van der Waals surface area contributed by atoms with Crippen LogP contribution >= 0.6 is 28.1 Å². The lowest BCUT2D eigenvalue weighted by atomic mass is 10.0. The largest absolute Gasteiger partial charge is 0.372 e. The Morgan fingerprint density at radius 3 is 2.41 bits per heavy atom. The van der Waals surface area contributed by atoms with Gasteiger partial charge in [0.1, 0.15) is 0 Å². The molecule has 4 nitrogen and oxygen atoms in total. The molecule has 3 aromatic rings. The number of nitrogens with zero attached hydrogens (tertiary/aromatic N) is 1. The molecule has 1 amide bonds. The van der Waals surface area contributed by atoms with E-state index in [-0.39, 0.29) is 11.0 Å². The summed E-state index contributed by atoms with van der Waals surface area (Å²) in [4.78, 5) is 15.1. The summed E-state index contributed by atoms with van der Waals surface area (Å²) in [6.07, 6.45) is 0. The van der Waals surface area contributed by atoms with Gasteiger partial charge in [0.25, 0.3) is 5.91 Å². The van der Waals surface area contributed by atoms with Gasteiger partial charge in [-0.1, -0.05) is 40.2 Å². The molecule has 0 saturated heterocycles. The predicted octanol–water partition coefficient (Wildman–Crippen LogP) is 5.88. The van der Waals surface area contributed by atoms with Crippen LogP contribution in [0.1, 0.15) is 29.8 Å². The Bertz CT molecular complexity index is 1060. The first kappa shape index (κ1) is 21.3. The first-order chi connectivity index (χ1) is 13.9. The molecule has 0 radical (unpaired) electrons. The third-order valence-electron chi connectivity index (χ3n) is 4.93. The Balaban J connectivity index is 1.75. The fourth-order valence-corrected chi connectivity index (χ4v) is 4.07. The molecule has 2 N–H and O–H groups in total. The Hall–Kier alpha value is -2.44. The van der Waals surface area contributed by atoms with Crippen LogP contribution < -0.4 is 15.5 Å². The van der Waals surface area contributed by atoms with Crippen molar-refractivity contribution in [2.45, 2.75) is 20.8 Å².